The molecule has 22 heavy (non-hydrogen) atoms. The summed E-state index contributed by atoms with van der Waals surface area (Å²) in [5.41, 5.74) is 10.6. The zero-order valence-electron chi connectivity index (χ0n) is 13.1. The van der Waals surface area contributed by atoms with Gasteiger partial charge in [0.05, 0.1) is 6.04 Å². The molecule has 1 amide bonds. The van der Waals surface area contributed by atoms with Crippen LogP contribution in [0.2, 0.25) is 0 Å². The van der Waals surface area contributed by atoms with E-state index in [9.17, 15) is 4.79 Å². The van der Waals surface area contributed by atoms with Gasteiger partial charge in [-0.1, -0.05) is 50.2 Å². The minimum Gasteiger partial charge on any atom is -0.318 e. The topological polar surface area (TPSA) is 46.3 Å². The average Bonchev–Trinajstić information content (AvgIpc) is 2.59. The average molecular weight is 294 g/mol. The number of hydrogen-bond donors (Lipinski definition) is 1. The van der Waals surface area contributed by atoms with Crippen LogP contribution in [0.25, 0.3) is 0 Å². The van der Waals surface area contributed by atoms with Crippen LogP contribution >= 0.6 is 0 Å². The normalized spacial score (nSPS) is 20.9. The van der Waals surface area contributed by atoms with Gasteiger partial charge in [0.15, 0.2) is 0 Å². The number of β-lactam (4-membered cyclic amide) rings is 1. The Morgan fingerprint density at radius 3 is 1.91 bits per heavy atom. The standard InChI is InChI=1S/C19H22N2O/c1-3-13-5-9-15(10-6-13)18-17(20)19(22)21(18)16-11-7-14(4-2)8-12-16/h5-12,17-18H,3-4,20H2,1-2H3/t17-,18+/m1/s1. The second-order valence-corrected chi connectivity index (χ2v) is 5.79. The molecule has 3 rings (SSSR count). The van der Waals surface area contributed by atoms with Gasteiger partial charge in [0.2, 0.25) is 5.91 Å². The van der Waals surface area contributed by atoms with Crippen LogP contribution in [0.15, 0.2) is 48.5 Å². The molecule has 2 atom stereocenters. The molecule has 2 N–H and O–H groups in total. The number of anilines is 1. The van der Waals surface area contributed by atoms with E-state index in [0.29, 0.717) is 0 Å². The number of benzene rings is 2. The van der Waals surface area contributed by atoms with Crippen LogP contribution in [-0.2, 0) is 17.6 Å². The summed E-state index contributed by atoms with van der Waals surface area (Å²) in [6, 6.07) is 16.1. The smallest absolute Gasteiger partial charge is 0.247 e. The Labute approximate surface area is 131 Å². The molecular weight excluding hydrogens is 272 g/mol. The van der Waals surface area contributed by atoms with Crippen molar-refractivity contribution in [3.05, 3.63) is 65.2 Å². The Bertz CT molecular complexity index is 661. The van der Waals surface area contributed by atoms with Crippen LogP contribution in [0.1, 0.15) is 36.6 Å². The Hall–Kier alpha value is -2.13. The fraction of sp³-hybridized carbons (Fsp3) is 0.316. The third-order valence-corrected chi connectivity index (χ3v) is 4.49. The van der Waals surface area contributed by atoms with E-state index < -0.39 is 6.04 Å². The van der Waals surface area contributed by atoms with Crippen molar-refractivity contribution in [1.82, 2.24) is 0 Å². The molecule has 2 aromatic rings. The highest BCUT2D eigenvalue weighted by Gasteiger charge is 2.46. The molecule has 3 heteroatoms. The summed E-state index contributed by atoms with van der Waals surface area (Å²) in [5, 5.41) is 0. The lowest BCUT2D eigenvalue weighted by atomic mass is 9.87. The summed E-state index contributed by atoms with van der Waals surface area (Å²) in [4.78, 5) is 14.0. The Morgan fingerprint density at radius 1 is 0.909 bits per heavy atom. The van der Waals surface area contributed by atoms with Gasteiger partial charge in [0.25, 0.3) is 0 Å². The Morgan fingerprint density at radius 2 is 1.41 bits per heavy atom. The van der Waals surface area contributed by atoms with Gasteiger partial charge < -0.3 is 10.6 Å². The Balaban J connectivity index is 1.89. The number of amides is 1. The molecule has 0 unspecified atom stereocenters. The third-order valence-electron chi connectivity index (χ3n) is 4.49. The highest BCUT2D eigenvalue weighted by Crippen LogP contribution is 2.38. The molecular formula is C19H22N2O. The molecule has 3 nitrogen and oxygen atoms in total. The van der Waals surface area contributed by atoms with Crippen molar-refractivity contribution in [2.24, 2.45) is 5.73 Å². The molecule has 1 heterocycles. The van der Waals surface area contributed by atoms with Crippen molar-refractivity contribution < 1.29 is 4.79 Å². The van der Waals surface area contributed by atoms with Crippen LogP contribution in [0, 0.1) is 0 Å². The first-order chi connectivity index (χ1) is 10.7. The van der Waals surface area contributed by atoms with E-state index in [0.717, 1.165) is 24.1 Å². The van der Waals surface area contributed by atoms with Crippen molar-refractivity contribution in [2.45, 2.75) is 38.8 Å². The Kier molecular flexibility index (Phi) is 3.99. The monoisotopic (exact) mass is 294 g/mol. The number of rotatable bonds is 4. The highest BCUT2D eigenvalue weighted by atomic mass is 16.2. The van der Waals surface area contributed by atoms with Crippen LogP contribution in [0.3, 0.4) is 0 Å². The molecule has 114 valence electrons. The van der Waals surface area contributed by atoms with E-state index in [-0.39, 0.29) is 11.9 Å². The van der Waals surface area contributed by atoms with Crippen LogP contribution in [-0.4, -0.2) is 11.9 Å². The van der Waals surface area contributed by atoms with E-state index in [4.69, 9.17) is 5.73 Å². The molecule has 0 aliphatic carbocycles. The maximum absolute atomic E-state index is 12.2. The van der Waals surface area contributed by atoms with Crippen molar-refractivity contribution in [1.29, 1.82) is 0 Å². The number of nitrogens with two attached hydrogens (primary N) is 1. The fourth-order valence-electron chi connectivity index (χ4n) is 3.00. The second-order valence-electron chi connectivity index (χ2n) is 5.79. The highest BCUT2D eigenvalue weighted by molar-refractivity contribution is 6.05. The lowest BCUT2D eigenvalue weighted by Gasteiger charge is -2.45. The molecule has 0 spiro atoms. The van der Waals surface area contributed by atoms with Crippen LogP contribution in [0.4, 0.5) is 5.69 Å². The first-order valence-corrected chi connectivity index (χ1v) is 7.92. The van der Waals surface area contributed by atoms with Gasteiger partial charge in [-0.3, -0.25) is 4.79 Å². The zero-order chi connectivity index (χ0) is 15.7. The van der Waals surface area contributed by atoms with E-state index in [1.807, 2.05) is 17.0 Å². The molecule has 1 aliphatic rings. The van der Waals surface area contributed by atoms with Gasteiger partial charge in [-0.2, -0.15) is 0 Å². The fourth-order valence-corrected chi connectivity index (χ4v) is 3.00. The lowest BCUT2D eigenvalue weighted by molar-refractivity contribution is -0.126. The van der Waals surface area contributed by atoms with E-state index in [2.05, 4.69) is 50.2 Å². The molecule has 0 aromatic heterocycles. The minimum absolute atomic E-state index is 0.00573. The van der Waals surface area contributed by atoms with Crippen molar-refractivity contribution in [3.8, 4) is 0 Å². The molecule has 0 radical (unpaired) electrons. The summed E-state index contributed by atoms with van der Waals surface area (Å²) in [6.07, 6.45) is 2.01. The van der Waals surface area contributed by atoms with Crippen molar-refractivity contribution in [2.75, 3.05) is 4.90 Å². The van der Waals surface area contributed by atoms with Crippen molar-refractivity contribution in [3.63, 3.8) is 0 Å². The third kappa shape index (κ3) is 2.42. The van der Waals surface area contributed by atoms with E-state index in [1.165, 1.54) is 11.1 Å². The molecule has 0 saturated carbocycles. The van der Waals surface area contributed by atoms with Gasteiger partial charge in [-0.15, -0.1) is 0 Å². The number of carbonyl (C=O) groups excluding carboxylic acids is 1. The molecule has 0 bridgehead atoms. The van der Waals surface area contributed by atoms with Crippen LogP contribution in [0.5, 0.6) is 0 Å². The quantitative estimate of drug-likeness (QED) is 0.880. The summed E-state index contributed by atoms with van der Waals surface area (Å²) in [5.74, 6) is -0.00573. The largest absolute Gasteiger partial charge is 0.318 e. The molecule has 1 fully saturated rings. The molecule has 1 saturated heterocycles. The summed E-state index contributed by atoms with van der Waals surface area (Å²) >= 11 is 0. The van der Waals surface area contributed by atoms with Gasteiger partial charge in [-0.25, -0.2) is 0 Å². The van der Waals surface area contributed by atoms with Gasteiger partial charge in [0.1, 0.15) is 6.04 Å². The zero-order valence-corrected chi connectivity index (χ0v) is 13.1. The van der Waals surface area contributed by atoms with Gasteiger partial charge >= 0.3 is 0 Å². The summed E-state index contributed by atoms with van der Waals surface area (Å²) in [7, 11) is 0. The number of carbonyl (C=O) groups is 1. The first-order valence-electron chi connectivity index (χ1n) is 7.92. The SMILES string of the molecule is CCc1ccc([C@H]2[C@@H](N)C(=O)N2c2ccc(CC)cc2)cc1. The molecule has 2 aromatic carbocycles. The van der Waals surface area contributed by atoms with Gasteiger partial charge in [0, 0.05) is 5.69 Å². The van der Waals surface area contributed by atoms with Crippen molar-refractivity contribution >= 4 is 11.6 Å². The van der Waals surface area contributed by atoms with E-state index >= 15 is 0 Å². The van der Waals surface area contributed by atoms with E-state index in [1.54, 1.807) is 0 Å². The maximum Gasteiger partial charge on any atom is 0.247 e. The lowest BCUT2D eigenvalue weighted by Crippen LogP contribution is -2.63. The predicted octanol–water partition coefficient (Wildman–Crippen LogP) is 3.23. The minimum atomic E-state index is -0.446. The summed E-state index contributed by atoms with van der Waals surface area (Å²) in [6.45, 7) is 4.26. The number of nitrogens with zero attached hydrogens (tertiary/aromatic N) is 1. The maximum atomic E-state index is 12.2. The second kappa shape index (κ2) is 5.93. The van der Waals surface area contributed by atoms with Gasteiger partial charge in [-0.05, 0) is 41.7 Å². The summed E-state index contributed by atoms with van der Waals surface area (Å²) < 4.78 is 0. The number of aryl methyl sites for hydroxylation is 2. The number of hydrogen-bond acceptors (Lipinski definition) is 2. The van der Waals surface area contributed by atoms with Crippen LogP contribution < -0.4 is 10.6 Å². The first kappa shape index (κ1) is 14.8. The predicted molar refractivity (Wildman–Crippen MR) is 89.8 cm³/mol. The molecule has 1 aliphatic heterocycles.